The predicted octanol–water partition coefficient (Wildman–Crippen LogP) is 5.06. The molecule has 2 aromatic rings. The number of carbonyl (C=O) groups is 6. The van der Waals surface area contributed by atoms with E-state index in [1.807, 2.05) is 79.4 Å². The Morgan fingerprint density at radius 1 is 0.643 bits per heavy atom. The molecule has 0 radical (unpaired) electrons. The highest BCUT2D eigenvalue weighted by Crippen LogP contribution is 2.51. The van der Waals surface area contributed by atoms with Gasteiger partial charge in [-0.25, -0.2) is 18.0 Å². The van der Waals surface area contributed by atoms with Gasteiger partial charge in [0.05, 0.1) is 11.5 Å². The molecular weight excluding hydrogens is 915 g/mol. The maximum Gasteiger partial charge on any atom is 0.408 e. The summed E-state index contributed by atoms with van der Waals surface area (Å²) in [5.41, 5.74) is 0.130. The topological polar surface area (TPSA) is 222 Å². The molecule has 3 aliphatic rings. The van der Waals surface area contributed by atoms with Crippen molar-refractivity contribution in [1.82, 2.24) is 36.4 Å². The number of alkyl carbamates (subject to hydrolysis) is 2. The molecule has 2 heterocycles. The van der Waals surface area contributed by atoms with Crippen molar-refractivity contribution in [2.24, 2.45) is 11.3 Å². The predicted molar refractivity (Wildman–Crippen MR) is 268 cm³/mol. The van der Waals surface area contributed by atoms with Crippen LogP contribution in [-0.4, -0.2) is 140 Å². The number of ether oxygens (including phenoxy) is 2. The fourth-order valence-corrected chi connectivity index (χ4v) is 10.7. The van der Waals surface area contributed by atoms with Crippen LogP contribution in [0.5, 0.6) is 0 Å². The average Bonchev–Trinajstić information content (AvgIpc) is 3.26. The maximum atomic E-state index is 14.5. The van der Waals surface area contributed by atoms with Gasteiger partial charge in [-0.3, -0.25) is 24.1 Å². The molecule has 388 valence electrons. The van der Waals surface area contributed by atoms with Crippen LogP contribution in [0, 0.1) is 11.3 Å². The second-order valence-electron chi connectivity index (χ2n) is 21.9. The Hall–Kier alpha value is -5.23. The number of nitrogens with zero attached hydrogens (tertiary/aromatic N) is 2. The van der Waals surface area contributed by atoms with Crippen LogP contribution in [0.15, 0.2) is 60.7 Å². The zero-order valence-corrected chi connectivity index (χ0v) is 43.5. The lowest BCUT2D eigenvalue weighted by Gasteiger charge is -2.56. The average molecular weight is 994 g/mol. The van der Waals surface area contributed by atoms with Gasteiger partial charge in [0, 0.05) is 51.6 Å². The van der Waals surface area contributed by atoms with Crippen LogP contribution in [0.4, 0.5) is 9.59 Å². The lowest BCUT2D eigenvalue weighted by molar-refractivity contribution is -0.141. The van der Waals surface area contributed by atoms with E-state index in [0.717, 1.165) is 36.8 Å². The summed E-state index contributed by atoms with van der Waals surface area (Å²) >= 11 is 0. The van der Waals surface area contributed by atoms with Crippen LogP contribution in [0.2, 0.25) is 0 Å². The number of benzene rings is 2. The molecule has 4 atom stereocenters. The van der Waals surface area contributed by atoms with Crippen molar-refractivity contribution in [3.8, 4) is 0 Å². The molecule has 1 aliphatic carbocycles. The van der Waals surface area contributed by atoms with E-state index in [0.29, 0.717) is 51.6 Å². The molecule has 2 saturated heterocycles. The number of piperidine rings is 1. The lowest BCUT2D eigenvalue weighted by atomic mass is 9.60. The smallest absolute Gasteiger partial charge is 0.408 e. The number of nitrogens with one attached hydrogen (secondary N) is 5. The summed E-state index contributed by atoms with van der Waals surface area (Å²) in [6, 6.07) is 14.4. The molecule has 17 nitrogen and oxygen atoms in total. The summed E-state index contributed by atoms with van der Waals surface area (Å²) < 4.78 is 34.9. The third-order valence-corrected chi connectivity index (χ3v) is 14.7. The molecule has 5 N–H and O–H groups in total. The van der Waals surface area contributed by atoms with Crippen molar-refractivity contribution in [3.05, 3.63) is 71.8 Å². The number of amides is 6. The molecule has 2 aliphatic heterocycles. The monoisotopic (exact) mass is 994 g/mol. The quantitative estimate of drug-likeness (QED) is 0.110. The van der Waals surface area contributed by atoms with E-state index in [2.05, 4.69) is 31.5 Å². The van der Waals surface area contributed by atoms with Gasteiger partial charge in [0.2, 0.25) is 23.6 Å². The van der Waals surface area contributed by atoms with E-state index >= 15 is 0 Å². The molecule has 1 saturated carbocycles. The van der Waals surface area contributed by atoms with Crippen molar-refractivity contribution >= 4 is 45.7 Å². The maximum absolute atomic E-state index is 14.5. The third kappa shape index (κ3) is 18.2. The van der Waals surface area contributed by atoms with Crippen LogP contribution < -0.4 is 26.6 Å². The van der Waals surface area contributed by atoms with E-state index in [9.17, 15) is 37.2 Å². The number of carbonyl (C=O) groups excluding carboxylic acids is 6. The molecule has 3 fully saturated rings. The van der Waals surface area contributed by atoms with Gasteiger partial charge >= 0.3 is 12.2 Å². The highest BCUT2D eigenvalue weighted by atomic mass is 32.2. The van der Waals surface area contributed by atoms with Gasteiger partial charge in [-0.2, -0.15) is 0 Å². The molecule has 4 unspecified atom stereocenters. The summed E-state index contributed by atoms with van der Waals surface area (Å²) in [4.78, 5) is 87.2. The molecular formula is C52H79N7O10S. The summed E-state index contributed by atoms with van der Waals surface area (Å²) in [6.07, 6.45) is 3.93. The zero-order valence-electron chi connectivity index (χ0n) is 42.6. The largest absolute Gasteiger partial charge is 0.444 e. The van der Waals surface area contributed by atoms with E-state index < -0.39 is 75.1 Å². The second kappa shape index (κ2) is 24.7. The van der Waals surface area contributed by atoms with Gasteiger partial charge in [-0.1, -0.05) is 74.5 Å². The molecule has 6 amide bonds. The van der Waals surface area contributed by atoms with Gasteiger partial charge < -0.3 is 41.0 Å². The van der Waals surface area contributed by atoms with Gasteiger partial charge in [-0.05, 0) is 115 Å². The van der Waals surface area contributed by atoms with Gasteiger partial charge in [0.1, 0.15) is 35.4 Å². The van der Waals surface area contributed by atoms with Gasteiger partial charge in [0.25, 0.3) is 0 Å². The van der Waals surface area contributed by atoms with E-state index in [4.69, 9.17) is 9.47 Å². The van der Waals surface area contributed by atoms with E-state index in [1.165, 1.54) is 0 Å². The number of unbranched alkanes of at least 4 members (excludes halogenated alkanes) is 1. The van der Waals surface area contributed by atoms with Crippen LogP contribution in [0.25, 0.3) is 0 Å². The number of likely N-dealkylation sites (tertiary alicyclic amines) is 1. The standard InChI is InChI=1S/C52H79N7O10S/c1-36(2)31-41(55-45(61)42(32-37-17-11-9-12-18-37)56-46(62)43(33-38-19-13-10-14-20-38)57-49(65)69-51(6,7)8)44(60)54-40(21-15-16-24-53-48(64)68-50(3,4)5)47(63)59-25-22-52(23-26-59)34-39(35-52)58-27-29-70(66,67)30-28-58/h9-14,17-20,36,39-43H,15-16,21-35H2,1-8H3,(H,53,64)(H,54,60)(H,55,61)(H,56,62)(H,57,65). The Labute approximate surface area is 415 Å². The Morgan fingerprint density at radius 3 is 1.63 bits per heavy atom. The SMILES string of the molecule is CC(C)CC(NC(=O)C(Cc1ccccc1)NC(=O)C(Cc1ccccc1)NC(=O)OC(C)(C)C)C(=O)NC(CCCCNC(=O)OC(C)(C)C)C(=O)N1CCC2(CC1)CC(N1CCS(=O)(=O)CC1)C2. The Morgan fingerprint density at radius 2 is 1.11 bits per heavy atom. The Bertz CT molecular complexity index is 2170. The minimum Gasteiger partial charge on any atom is -0.444 e. The molecule has 1 spiro atoms. The van der Waals surface area contributed by atoms with Crippen molar-refractivity contribution in [2.75, 3.05) is 44.2 Å². The molecule has 18 heteroatoms. The summed E-state index contributed by atoms with van der Waals surface area (Å²) in [6.45, 7) is 16.8. The summed E-state index contributed by atoms with van der Waals surface area (Å²) in [5, 5.41) is 14.3. The molecule has 5 rings (SSSR count). The number of rotatable bonds is 20. The fraction of sp³-hybridized carbons (Fsp3) is 0.654. The van der Waals surface area contributed by atoms with E-state index in [1.54, 1.807) is 41.5 Å². The molecule has 2 aromatic carbocycles. The summed E-state index contributed by atoms with van der Waals surface area (Å²) in [5.74, 6) is -1.66. The van der Waals surface area contributed by atoms with Crippen molar-refractivity contribution in [1.29, 1.82) is 0 Å². The van der Waals surface area contributed by atoms with Crippen molar-refractivity contribution in [2.45, 2.75) is 161 Å². The Kier molecular flexibility index (Phi) is 19.7. The number of hydrogen-bond donors (Lipinski definition) is 5. The van der Waals surface area contributed by atoms with Crippen LogP contribution in [0.1, 0.15) is 118 Å². The first kappa shape index (κ1) is 55.7. The van der Waals surface area contributed by atoms with Gasteiger partial charge in [-0.15, -0.1) is 0 Å². The van der Waals surface area contributed by atoms with Gasteiger partial charge in [0.15, 0.2) is 9.84 Å². The van der Waals surface area contributed by atoms with Crippen molar-refractivity contribution < 1.29 is 46.7 Å². The van der Waals surface area contributed by atoms with Crippen LogP contribution in [0.3, 0.4) is 0 Å². The first-order valence-corrected chi connectivity index (χ1v) is 26.9. The highest BCUT2D eigenvalue weighted by Gasteiger charge is 2.49. The van der Waals surface area contributed by atoms with Crippen LogP contribution in [-0.2, 0) is 51.3 Å². The molecule has 0 aromatic heterocycles. The number of hydrogen-bond acceptors (Lipinski definition) is 11. The molecule has 70 heavy (non-hydrogen) atoms. The minimum absolute atomic E-state index is 0.0569. The second-order valence-corrected chi connectivity index (χ2v) is 24.2. The third-order valence-electron chi connectivity index (χ3n) is 13.1. The summed E-state index contributed by atoms with van der Waals surface area (Å²) in [7, 11) is -2.97. The normalized spacial score (nSPS) is 18.8. The number of sulfone groups is 1. The minimum atomic E-state index is -2.97. The Balaban J connectivity index is 1.30. The van der Waals surface area contributed by atoms with Crippen LogP contribution >= 0.6 is 0 Å². The first-order chi connectivity index (χ1) is 32.9. The first-order valence-electron chi connectivity index (χ1n) is 25.1. The zero-order chi connectivity index (χ0) is 51.3. The van der Waals surface area contributed by atoms with Crippen molar-refractivity contribution in [3.63, 3.8) is 0 Å². The fourth-order valence-electron chi connectivity index (χ4n) is 9.44. The highest BCUT2D eigenvalue weighted by molar-refractivity contribution is 7.91. The molecule has 0 bridgehead atoms. The van der Waals surface area contributed by atoms with E-state index in [-0.39, 0.29) is 54.4 Å². The lowest BCUT2D eigenvalue weighted by Crippen LogP contribution is -2.60.